The highest BCUT2D eigenvalue weighted by molar-refractivity contribution is 7.15. The Hall–Kier alpha value is -0.610. The molecule has 1 aromatic carbocycles. The van der Waals surface area contributed by atoms with E-state index in [2.05, 4.69) is 24.1 Å². The largest absolute Gasteiger partial charge is 0.309 e. The molecule has 5 heteroatoms. The third-order valence-electron chi connectivity index (χ3n) is 2.82. The van der Waals surface area contributed by atoms with Crippen LogP contribution in [0, 0.1) is 0 Å². The molecular formula is C14H16Cl2N2S. The quantitative estimate of drug-likeness (QED) is 0.822. The van der Waals surface area contributed by atoms with Crippen LogP contribution in [0.1, 0.15) is 31.2 Å². The van der Waals surface area contributed by atoms with Gasteiger partial charge in [0, 0.05) is 22.7 Å². The Morgan fingerprint density at radius 2 is 2.11 bits per heavy atom. The van der Waals surface area contributed by atoms with Gasteiger partial charge in [-0.2, -0.15) is 0 Å². The molecule has 0 saturated heterocycles. The van der Waals surface area contributed by atoms with E-state index in [1.165, 1.54) is 4.88 Å². The van der Waals surface area contributed by atoms with Crippen molar-refractivity contribution < 1.29 is 0 Å². The standard InChI is InChI=1S/C14H16Cl2N2S/c1-3-6-17-9(2)13-8-18-14(19-13)10-4-5-11(15)12(16)7-10/h4-5,7-9,17H,3,6H2,1-2H3. The Bertz CT molecular complexity index is 554. The van der Waals surface area contributed by atoms with Crippen molar-refractivity contribution in [3.05, 3.63) is 39.3 Å². The lowest BCUT2D eigenvalue weighted by Crippen LogP contribution is -2.18. The van der Waals surface area contributed by atoms with Crippen LogP contribution in [-0.4, -0.2) is 11.5 Å². The van der Waals surface area contributed by atoms with Crippen molar-refractivity contribution in [2.45, 2.75) is 26.3 Å². The average molecular weight is 315 g/mol. The van der Waals surface area contributed by atoms with E-state index in [4.69, 9.17) is 23.2 Å². The van der Waals surface area contributed by atoms with E-state index >= 15 is 0 Å². The number of halogens is 2. The third-order valence-corrected chi connectivity index (χ3v) is 4.79. The van der Waals surface area contributed by atoms with Crippen LogP contribution in [0.5, 0.6) is 0 Å². The molecule has 2 aromatic rings. The summed E-state index contributed by atoms with van der Waals surface area (Å²) in [6.07, 6.45) is 3.05. The number of hydrogen-bond acceptors (Lipinski definition) is 3. The van der Waals surface area contributed by atoms with Crippen molar-refractivity contribution >= 4 is 34.5 Å². The van der Waals surface area contributed by atoms with Gasteiger partial charge in [0.25, 0.3) is 0 Å². The normalized spacial score (nSPS) is 12.6. The summed E-state index contributed by atoms with van der Waals surface area (Å²) in [4.78, 5) is 5.69. The van der Waals surface area contributed by atoms with E-state index in [0.29, 0.717) is 16.1 Å². The fourth-order valence-electron chi connectivity index (χ4n) is 1.71. The van der Waals surface area contributed by atoms with Crippen LogP contribution in [0.15, 0.2) is 24.4 Å². The molecule has 0 aliphatic carbocycles. The van der Waals surface area contributed by atoms with E-state index in [1.54, 1.807) is 17.4 Å². The predicted octanol–water partition coefficient (Wildman–Crippen LogP) is 5.18. The summed E-state index contributed by atoms with van der Waals surface area (Å²) in [6, 6.07) is 5.94. The van der Waals surface area contributed by atoms with E-state index in [-0.39, 0.29) is 0 Å². The zero-order valence-corrected chi connectivity index (χ0v) is 13.2. The molecule has 102 valence electrons. The molecule has 0 bridgehead atoms. The van der Waals surface area contributed by atoms with Crippen molar-refractivity contribution in [3.63, 3.8) is 0 Å². The van der Waals surface area contributed by atoms with Crippen LogP contribution in [0.25, 0.3) is 10.6 Å². The zero-order valence-electron chi connectivity index (χ0n) is 10.9. The minimum atomic E-state index is 0.328. The summed E-state index contributed by atoms with van der Waals surface area (Å²) in [7, 11) is 0. The van der Waals surface area contributed by atoms with Gasteiger partial charge in [-0.25, -0.2) is 4.98 Å². The molecule has 0 fully saturated rings. The van der Waals surface area contributed by atoms with Gasteiger partial charge in [0.1, 0.15) is 5.01 Å². The van der Waals surface area contributed by atoms with Gasteiger partial charge in [-0.05, 0) is 32.0 Å². The number of rotatable bonds is 5. The summed E-state index contributed by atoms with van der Waals surface area (Å²) in [5, 5.41) is 5.56. The first kappa shape index (κ1) is 14.8. The van der Waals surface area contributed by atoms with E-state index in [9.17, 15) is 0 Å². The molecule has 0 aliphatic heterocycles. The molecule has 1 heterocycles. The number of nitrogens with one attached hydrogen (secondary N) is 1. The fourth-order valence-corrected chi connectivity index (χ4v) is 2.95. The van der Waals surface area contributed by atoms with Crippen LogP contribution >= 0.6 is 34.5 Å². The Balaban J connectivity index is 2.18. The highest BCUT2D eigenvalue weighted by Gasteiger charge is 2.11. The lowest BCUT2D eigenvalue weighted by atomic mass is 10.2. The van der Waals surface area contributed by atoms with Crippen LogP contribution in [0.3, 0.4) is 0 Å². The Labute approximate surface area is 127 Å². The lowest BCUT2D eigenvalue weighted by Gasteiger charge is -2.09. The molecule has 19 heavy (non-hydrogen) atoms. The minimum absolute atomic E-state index is 0.328. The SMILES string of the molecule is CCCNC(C)c1cnc(-c2ccc(Cl)c(Cl)c2)s1. The van der Waals surface area contributed by atoms with Crippen LogP contribution in [0.4, 0.5) is 0 Å². The van der Waals surface area contributed by atoms with Gasteiger partial charge in [-0.15, -0.1) is 11.3 Å². The Morgan fingerprint density at radius 3 is 2.79 bits per heavy atom. The first-order valence-corrected chi connectivity index (χ1v) is 7.83. The molecule has 2 nitrogen and oxygen atoms in total. The summed E-state index contributed by atoms with van der Waals surface area (Å²) < 4.78 is 0. The van der Waals surface area contributed by atoms with E-state index in [0.717, 1.165) is 23.5 Å². The second-order valence-electron chi connectivity index (χ2n) is 4.37. The Morgan fingerprint density at radius 1 is 1.32 bits per heavy atom. The average Bonchev–Trinajstić information content (AvgIpc) is 2.89. The predicted molar refractivity (Wildman–Crippen MR) is 84.3 cm³/mol. The maximum absolute atomic E-state index is 6.03. The highest BCUT2D eigenvalue weighted by Crippen LogP contribution is 2.32. The third kappa shape index (κ3) is 3.69. The van der Waals surface area contributed by atoms with Gasteiger partial charge in [0.15, 0.2) is 0 Å². The number of aromatic nitrogens is 1. The van der Waals surface area contributed by atoms with E-state index < -0.39 is 0 Å². The molecule has 1 atom stereocenters. The maximum Gasteiger partial charge on any atom is 0.123 e. The van der Waals surface area contributed by atoms with Crippen molar-refractivity contribution in [2.75, 3.05) is 6.54 Å². The van der Waals surface area contributed by atoms with Crippen molar-refractivity contribution in [1.29, 1.82) is 0 Å². The summed E-state index contributed by atoms with van der Waals surface area (Å²) in [6.45, 7) is 5.33. The molecule has 0 aliphatic rings. The van der Waals surface area contributed by atoms with Crippen LogP contribution < -0.4 is 5.32 Å². The van der Waals surface area contributed by atoms with Crippen molar-refractivity contribution in [1.82, 2.24) is 10.3 Å². The monoisotopic (exact) mass is 314 g/mol. The van der Waals surface area contributed by atoms with Gasteiger partial charge < -0.3 is 5.32 Å². The molecule has 0 radical (unpaired) electrons. The van der Waals surface area contributed by atoms with Crippen molar-refractivity contribution in [3.8, 4) is 10.6 Å². The number of thiazole rings is 1. The van der Waals surface area contributed by atoms with E-state index in [1.807, 2.05) is 18.3 Å². The smallest absolute Gasteiger partial charge is 0.123 e. The number of hydrogen-bond donors (Lipinski definition) is 1. The second-order valence-corrected chi connectivity index (χ2v) is 6.25. The topological polar surface area (TPSA) is 24.9 Å². The molecule has 0 spiro atoms. The minimum Gasteiger partial charge on any atom is -0.309 e. The molecule has 1 unspecified atom stereocenters. The Kier molecular flexibility index (Phi) is 5.22. The first-order valence-electron chi connectivity index (χ1n) is 6.26. The van der Waals surface area contributed by atoms with Crippen LogP contribution in [0.2, 0.25) is 10.0 Å². The summed E-state index contributed by atoms with van der Waals surface area (Å²) >= 11 is 13.6. The highest BCUT2D eigenvalue weighted by atomic mass is 35.5. The number of nitrogens with zero attached hydrogens (tertiary/aromatic N) is 1. The molecule has 0 amide bonds. The molecule has 0 saturated carbocycles. The number of benzene rings is 1. The molecular weight excluding hydrogens is 299 g/mol. The lowest BCUT2D eigenvalue weighted by molar-refractivity contribution is 0.577. The summed E-state index contributed by atoms with van der Waals surface area (Å²) in [5.41, 5.74) is 1.01. The molecule has 1 N–H and O–H groups in total. The fraction of sp³-hybridized carbons (Fsp3) is 0.357. The zero-order chi connectivity index (χ0) is 13.8. The molecule has 2 rings (SSSR count). The van der Waals surface area contributed by atoms with Crippen molar-refractivity contribution in [2.24, 2.45) is 0 Å². The first-order chi connectivity index (χ1) is 9.11. The maximum atomic E-state index is 6.03. The van der Waals surface area contributed by atoms with Gasteiger partial charge >= 0.3 is 0 Å². The van der Waals surface area contributed by atoms with Gasteiger partial charge in [-0.1, -0.05) is 36.2 Å². The van der Waals surface area contributed by atoms with Crippen LogP contribution in [-0.2, 0) is 0 Å². The van der Waals surface area contributed by atoms with Gasteiger partial charge in [0.2, 0.25) is 0 Å². The van der Waals surface area contributed by atoms with Gasteiger partial charge in [0.05, 0.1) is 10.0 Å². The molecule has 1 aromatic heterocycles. The van der Waals surface area contributed by atoms with Gasteiger partial charge in [-0.3, -0.25) is 0 Å². The summed E-state index contributed by atoms with van der Waals surface area (Å²) in [5.74, 6) is 0. The second kappa shape index (κ2) is 6.71.